The zero-order chi connectivity index (χ0) is 19.1. The van der Waals surface area contributed by atoms with E-state index in [1.54, 1.807) is 13.8 Å². The van der Waals surface area contributed by atoms with Crippen molar-refractivity contribution in [2.45, 2.75) is 56.1 Å². The van der Waals surface area contributed by atoms with Gasteiger partial charge in [-0.25, -0.2) is 9.59 Å². The Morgan fingerprint density at radius 1 is 1.31 bits per heavy atom. The van der Waals surface area contributed by atoms with E-state index in [2.05, 4.69) is 6.58 Å². The summed E-state index contributed by atoms with van der Waals surface area (Å²) in [7, 11) is 1.43. The fourth-order valence-corrected chi connectivity index (χ4v) is 5.28. The van der Waals surface area contributed by atoms with Gasteiger partial charge in [0.2, 0.25) is 0 Å². The van der Waals surface area contributed by atoms with E-state index in [0.29, 0.717) is 6.42 Å². The summed E-state index contributed by atoms with van der Waals surface area (Å²) in [5.74, 6) is -2.29. The lowest BCUT2D eigenvalue weighted by Gasteiger charge is -2.59. The Bertz CT molecular complexity index is 692. The Morgan fingerprint density at radius 3 is 2.65 bits per heavy atom. The maximum atomic E-state index is 12.4. The van der Waals surface area contributed by atoms with Crippen LogP contribution in [0.15, 0.2) is 12.2 Å². The fraction of sp³-hybridized carbons (Fsp3) is 0.765. The van der Waals surface area contributed by atoms with Crippen LogP contribution in [0, 0.1) is 11.3 Å². The Kier molecular flexibility index (Phi) is 3.62. The van der Waals surface area contributed by atoms with Crippen molar-refractivity contribution in [2.24, 2.45) is 11.3 Å². The van der Waals surface area contributed by atoms with Crippen LogP contribution in [0.2, 0.25) is 0 Å². The first-order valence-electron chi connectivity index (χ1n) is 8.41. The third-order valence-electron chi connectivity index (χ3n) is 6.58. The minimum atomic E-state index is -1.67. The summed E-state index contributed by atoms with van der Waals surface area (Å²) >= 11 is 0. The molecule has 9 nitrogen and oxygen atoms in total. The van der Waals surface area contributed by atoms with Crippen LogP contribution in [-0.4, -0.2) is 71.9 Å². The summed E-state index contributed by atoms with van der Waals surface area (Å²) in [6.45, 7) is 7.04. The summed E-state index contributed by atoms with van der Waals surface area (Å²) in [6, 6.07) is 0. The third kappa shape index (κ3) is 1.77. The number of hydrogen-bond donors (Lipinski definition) is 2. The molecule has 4 rings (SSSR count). The molecule has 4 fully saturated rings. The van der Waals surface area contributed by atoms with Gasteiger partial charge in [0.05, 0.1) is 0 Å². The highest BCUT2D eigenvalue weighted by Crippen LogP contribution is 2.67. The molecule has 0 radical (unpaired) electrons. The van der Waals surface area contributed by atoms with Gasteiger partial charge in [-0.2, -0.15) is 0 Å². The van der Waals surface area contributed by atoms with Crippen LogP contribution in [-0.2, 0) is 33.3 Å². The maximum absolute atomic E-state index is 12.4. The molecule has 0 aromatic rings. The number of hydrogen-bond acceptors (Lipinski definition) is 9. The van der Waals surface area contributed by atoms with Gasteiger partial charge in [0, 0.05) is 24.0 Å². The summed E-state index contributed by atoms with van der Waals surface area (Å²) in [5, 5.41) is 21.3. The van der Waals surface area contributed by atoms with Gasteiger partial charge in [0.25, 0.3) is 0 Å². The Balaban J connectivity index is 1.93. The molecule has 0 aromatic heterocycles. The molecule has 0 aromatic carbocycles. The van der Waals surface area contributed by atoms with Crippen molar-refractivity contribution >= 4 is 11.9 Å². The van der Waals surface area contributed by atoms with Crippen LogP contribution in [0.4, 0.5) is 0 Å². The third-order valence-corrected chi connectivity index (χ3v) is 6.58. The zero-order valence-electron chi connectivity index (χ0n) is 14.8. The van der Waals surface area contributed by atoms with Gasteiger partial charge in [-0.15, -0.1) is 0 Å². The first kappa shape index (κ1) is 17.9. The number of rotatable bonds is 3. The lowest BCUT2D eigenvalue weighted by Crippen LogP contribution is -2.74. The summed E-state index contributed by atoms with van der Waals surface area (Å²) in [6.07, 6.45) is -4.65. The van der Waals surface area contributed by atoms with Crippen molar-refractivity contribution in [1.82, 2.24) is 0 Å². The second-order valence-electron chi connectivity index (χ2n) is 7.74. The number of ether oxygens (including phenoxy) is 5. The highest BCUT2D eigenvalue weighted by Gasteiger charge is 2.84. The van der Waals surface area contributed by atoms with Crippen LogP contribution < -0.4 is 0 Å². The number of methoxy groups -OCH3 is 1. The molecule has 4 aliphatic rings. The Hall–Kier alpha value is -1.52. The molecule has 0 unspecified atom stereocenters. The van der Waals surface area contributed by atoms with Gasteiger partial charge in [-0.3, -0.25) is 0 Å². The van der Waals surface area contributed by atoms with Crippen LogP contribution in [0.3, 0.4) is 0 Å². The molecule has 8 atom stereocenters. The Labute approximate surface area is 149 Å². The highest BCUT2D eigenvalue weighted by atomic mass is 16.7. The van der Waals surface area contributed by atoms with Crippen molar-refractivity contribution in [3.63, 3.8) is 0 Å². The topological polar surface area (TPSA) is 121 Å². The van der Waals surface area contributed by atoms with Crippen molar-refractivity contribution < 1.29 is 43.5 Å². The van der Waals surface area contributed by atoms with Gasteiger partial charge in [0.1, 0.15) is 19.0 Å². The predicted octanol–water partition coefficient (Wildman–Crippen LogP) is -0.753. The van der Waals surface area contributed by atoms with E-state index in [-0.39, 0.29) is 12.4 Å². The molecular formula is C17H22O9. The zero-order valence-corrected chi connectivity index (χ0v) is 14.8. The molecule has 3 heterocycles. The van der Waals surface area contributed by atoms with E-state index in [4.69, 9.17) is 23.7 Å². The highest BCUT2D eigenvalue weighted by molar-refractivity contribution is 5.91. The molecule has 3 saturated heterocycles. The normalized spacial score (nSPS) is 52.3. The van der Waals surface area contributed by atoms with E-state index < -0.39 is 59.1 Å². The van der Waals surface area contributed by atoms with E-state index in [1.165, 1.54) is 7.11 Å². The number of fused-ring (bicyclic) bond motifs is 4. The lowest BCUT2D eigenvalue weighted by atomic mass is 9.50. The summed E-state index contributed by atoms with van der Waals surface area (Å²) in [5.41, 5.74) is -3.89. The summed E-state index contributed by atoms with van der Waals surface area (Å²) < 4.78 is 27.3. The number of esters is 2. The fourth-order valence-electron chi connectivity index (χ4n) is 5.28. The molecule has 1 saturated carbocycles. The maximum Gasteiger partial charge on any atom is 0.339 e. The molecule has 9 heteroatoms. The predicted molar refractivity (Wildman–Crippen MR) is 82.3 cm³/mol. The number of aliphatic hydroxyl groups excluding tert-OH is 2. The van der Waals surface area contributed by atoms with Crippen LogP contribution >= 0.6 is 0 Å². The van der Waals surface area contributed by atoms with Gasteiger partial charge >= 0.3 is 11.9 Å². The molecule has 0 amide bonds. The molecule has 1 aliphatic carbocycles. The Morgan fingerprint density at radius 2 is 2.00 bits per heavy atom. The second kappa shape index (κ2) is 5.26. The number of carbonyl (C=O) groups excluding carboxylic acids is 2. The molecule has 26 heavy (non-hydrogen) atoms. The number of carbonyl (C=O) groups is 2. The monoisotopic (exact) mass is 370 g/mol. The average molecular weight is 370 g/mol. The van der Waals surface area contributed by atoms with Crippen molar-refractivity contribution in [1.29, 1.82) is 0 Å². The van der Waals surface area contributed by atoms with Gasteiger partial charge in [-0.05, 0) is 13.3 Å². The summed E-state index contributed by atoms with van der Waals surface area (Å²) in [4.78, 5) is 24.7. The van der Waals surface area contributed by atoms with Crippen molar-refractivity contribution in [3.05, 3.63) is 12.2 Å². The van der Waals surface area contributed by atoms with E-state index in [0.717, 1.165) is 0 Å². The number of aliphatic hydroxyl groups is 2. The largest absolute Gasteiger partial charge is 0.455 e. The van der Waals surface area contributed by atoms with Gasteiger partial charge in [-0.1, -0.05) is 13.5 Å². The molecule has 3 aliphatic heterocycles. The van der Waals surface area contributed by atoms with E-state index >= 15 is 0 Å². The molecule has 144 valence electrons. The standard InChI is InChI=1S/C17H22O9/c1-7-12(19)24-8-5-15(7,2)10-9(23-6-22-4)13(20)26-17(10)11(18)14(21)25-16(8,17)3/h8-11,13,18,20H,1,5-6H2,2-4H3/t8-,9+,10-,11+,13-,15+,16-,17-/m0/s1. The van der Waals surface area contributed by atoms with E-state index in [1.807, 2.05) is 0 Å². The minimum Gasteiger partial charge on any atom is -0.455 e. The minimum absolute atomic E-state index is 0.143. The van der Waals surface area contributed by atoms with Gasteiger partial charge in [0.15, 0.2) is 23.6 Å². The molecule has 2 N–H and O–H groups in total. The van der Waals surface area contributed by atoms with Crippen LogP contribution in [0.1, 0.15) is 20.3 Å². The smallest absolute Gasteiger partial charge is 0.339 e. The molecular weight excluding hydrogens is 348 g/mol. The first-order valence-corrected chi connectivity index (χ1v) is 8.41. The quantitative estimate of drug-likeness (QED) is 0.375. The second-order valence-corrected chi connectivity index (χ2v) is 7.74. The SMILES string of the molecule is C=C1C(=O)O[C@H]2C[C@@]1(C)[C@@H]1[C@@H](OCOC)[C@@H](O)O[C@]13[C@H](O)C(=O)O[C@@]23C. The first-order chi connectivity index (χ1) is 12.1. The van der Waals surface area contributed by atoms with Crippen LogP contribution in [0.25, 0.3) is 0 Å². The van der Waals surface area contributed by atoms with Crippen molar-refractivity contribution in [3.8, 4) is 0 Å². The van der Waals surface area contributed by atoms with E-state index in [9.17, 15) is 19.8 Å². The molecule has 2 bridgehead atoms. The average Bonchev–Trinajstić information content (AvgIpc) is 2.99. The van der Waals surface area contributed by atoms with Crippen molar-refractivity contribution in [2.75, 3.05) is 13.9 Å². The molecule has 1 spiro atoms. The van der Waals surface area contributed by atoms with Gasteiger partial charge < -0.3 is 33.9 Å². The lowest BCUT2D eigenvalue weighted by molar-refractivity contribution is -0.277. The van der Waals surface area contributed by atoms with Crippen LogP contribution in [0.5, 0.6) is 0 Å².